The van der Waals surface area contributed by atoms with Crippen LogP contribution in [0.25, 0.3) is 22.0 Å². The van der Waals surface area contributed by atoms with Gasteiger partial charge in [0.15, 0.2) is 0 Å². The molecule has 0 amide bonds. The third-order valence-electron chi connectivity index (χ3n) is 8.37. The highest BCUT2D eigenvalue weighted by Gasteiger charge is 2.41. The Hall–Kier alpha value is -3.40. The summed E-state index contributed by atoms with van der Waals surface area (Å²) < 4.78 is 35.2. The van der Waals surface area contributed by atoms with Crippen LogP contribution in [0.1, 0.15) is 42.5 Å². The van der Waals surface area contributed by atoms with Crippen LogP contribution in [-0.4, -0.2) is 55.6 Å². The van der Waals surface area contributed by atoms with Gasteiger partial charge in [0.25, 0.3) is 0 Å². The number of esters is 1. The monoisotopic (exact) mass is 578 g/mol. The lowest BCUT2D eigenvalue weighted by Crippen LogP contribution is -2.46. The van der Waals surface area contributed by atoms with Crippen LogP contribution >= 0.6 is 11.6 Å². The minimum Gasteiger partial charge on any atom is -0.465 e. The second-order valence-electron chi connectivity index (χ2n) is 10.6. The topological polar surface area (TPSA) is 95.6 Å². The van der Waals surface area contributed by atoms with Crippen LogP contribution in [0.2, 0.25) is 5.02 Å². The van der Waals surface area contributed by atoms with Crippen molar-refractivity contribution in [2.75, 3.05) is 25.6 Å². The number of benzene rings is 3. The summed E-state index contributed by atoms with van der Waals surface area (Å²) in [5.41, 5.74) is 3.47. The number of hydrogen-bond donors (Lipinski definition) is 1. The Kier molecular flexibility index (Phi) is 7.06. The van der Waals surface area contributed by atoms with E-state index in [1.54, 1.807) is 35.7 Å². The molecule has 1 atom stereocenters. The fourth-order valence-corrected chi connectivity index (χ4v) is 8.09. The molecular weight excluding hydrogens is 548 g/mol. The highest BCUT2D eigenvalue weighted by Crippen LogP contribution is 2.45. The normalized spacial score (nSPS) is 19.8. The van der Waals surface area contributed by atoms with Gasteiger partial charge in [0.05, 0.1) is 35.1 Å². The maximum absolute atomic E-state index is 14.3. The van der Waals surface area contributed by atoms with Gasteiger partial charge < -0.3 is 9.64 Å². The van der Waals surface area contributed by atoms with E-state index >= 15 is 0 Å². The van der Waals surface area contributed by atoms with Crippen molar-refractivity contribution in [2.45, 2.75) is 43.0 Å². The lowest BCUT2D eigenvalue weighted by molar-refractivity contribution is 0.0603. The van der Waals surface area contributed by atoms with Gasteiger partial charge in [0, 0.05) is 36.3 Å². The largest absolute Gasteiger partial charge is 0.465 e. The number of likely N-dealkylation sites (N-methyl/N-ethyl adjacent to an activating group) is 1. The lowest BCUT2D eigenvalue weighted by atomic mass is 9.83. The molecule has 1 aliphatic heterocycles. The Balaban J connectivity index is 1.56. The number of methoxy groups -OCH3 is 1. The maximum atomic E-state index is 14.3. The van der Waals surface area contributed by atoms with Gasteiger partial charge in [0.2, 0.25) is 10.0 Å². The maximum Gasteiger partial charge on any atom is 0.338 e. The van der Waals surface area contributed by atoms with E-state index in [0.717, 1.165) is 31.4 Å². The Morgan fingerprint density at radius 3 is 2.55 bits per heavy atom. The molecule has 1 aromatic heterocycles. The molecule has 0 radical (unpaired) electrons. The fraction of sp³-hybridized carbons (Fsp3) is 0.333. The predicted molar refractivity (Wildman–Crippen MR) is 157 cm³/mol. The molecule has 208 valence electrons. The van der Waals surface area contributed by atoms with Gasteiger partial charge in [-0.2, -0.15) is 9.40 Å². The van der Waals surface area contributed by atoms with Crippen molar-refractivity contribution in [3.63, 3.8) is 0 Å². The molecule has 4 aromatic rings. The number of fused-ring (bicyclic) bond motifs is 2. The first-order valence-electron chi connectivity index (χ1n) is 13.5. The van der Waals surface area contributed by atoms with Crippen LogP contribution in [0.4, 0.5) is 11.4 Å². The number of halogens is 1. The number of para-hydroxylation sites is 1. The van der Waals surface area contributed by atoms with Crippen molar-refractivity contribution >= 4 is 49.9 Å². The van der Waals surface area contributed by atoms with E-state index in [1.807, 2.05) is 36.4 Å². The minimum atomic E-state index is -3.89. The average molecular weight is 579 g/mol. The molecule has 8 nitrogen and oxygen atoms in total. The molecule has 1 N–H and O–H groups in total. The molecule has 1 aliphatic carbocycles. The Morgan fingerprint density at radius 1 is 1.07 bits per heavy atom. The van der Waals surface area contributed by atoms with Gasteiger partial charge in [-0.3, -0.25) is 5.10 Å². The number of ether oxygens (including phenoxy) is 1. The van der Waals surface area contributed by atoms with Gasteiger partial charge >= 0.3 is 5.97 Å². The molecular formula is C30H31ClN4O4S. The molecule has 10 heteroatoms. The molecule has 0 spiro atoms. The standard InChI is InChI=1S/C30H31ClN4O4S/c1-34-28(19-9-5-3-6-10-19)18-35(21-11-7-4-8-12-21)27-16-25(31)22(15-29(27)40(34,37)38)20-13-23(30(36)39-2)24-17-32-33-26(24)14-20/h4,7-8,11-17,19,28H,3,5-6,9-10,18H2,1-2H3,(H,32,33)/t28-/m0/s1. The van der Waals surface area contributed by atoms with E-state index in [-0.39, 0.29) is 16.9 Å². The van der Waals surface area contributed by atoms with Crippen molar-refractivity contribution in [3.05, 3.63) is 71.4 Å². The number of aromatic amines is 1. The molecule has 40 heavy (non-hydrogen) atoms. The van der Waals surface area contributed by atoms with E-state index in [0.29, 0.717) is 44.8 Å². The number of carbonyl (C=O) groups excluding carboxylic acids is 1. The number of hydrogen-bond acceptors (Lipinski definition) is 6. The van der Waals surface area contributed by atoms with Gasteiger partial charge in [-0.1, -0.05) is 49.1 Å². The molecule has 2 aliphatic rings. The highest BCUT2D eigenvalue weighted by atomic mass is 35.5. The molecule has 0 unspecified atom stereocenters. The van der Waals surface area contributed by atoms with Gasteiger partial charge in [-0.15, -0.1) is 0 Å². The average Bonchev–Trinajstić information content (AvgIpc) is 3.43. The summed E-state index contributed by atoms with van der Waals surface area (Å²) in [4.78, 5) is 14.9. The summed E-state index contributed by atoms with van der Waals surface area (Å²) >= 11 is 6.93. The second kappa shape index (κ2) is 10.5. The predicted octanol–water partition coefficient (Wildman–Crippen LogP) is 6.39. The molecule has 3 aromatic carbocycles. The summed E-state index contributed by atoms with van der Waals surface area (Å²) in [7, 11) is -0.865. The number of rotatable bonds is 4. The number of nitrogens with zero attached hydrogens (tertiary/aromatic N) is 3. The third-order valence-corrected chi connectivity index (χ3v) is 10.6. The zero-order valence-electron chi connectivity index (χ0n) is 22.4. The highest BCUT2D eigenvalue weighted by molar-refractivity contribution is 7.89. The number of nitrogens with one attached hydrogen (secondary N) is 1. The van der Waals surface area contributed by atoms with E-state index in [1.165, 1.54) is 13.5 Å². The molecule has 2 heterocycles. The van der Waals surface area contributed by atoms with Crippen LogP contribution in [-0.2, 0) is 14.8 Å². The van der Waals surface area contributed by atoms with Crippen molar-refractivity contribution in [1.29, 1.82) is 0 Å². The van der Waals surface area contributed by atoms with Crippen molar-refractivity contribution < 1.29 is 17.9 Å². The Bertz CT molecular complexity index is 1680. The summed E-state index contributed by atoms with van der Waals surface area (Å²) in [6, 6.07) is 16.5. The molecule has 0 saturated heterocycles. The summed E-state index contributed by atoms with van der Waals surface area (Å²) in [6.45, 7) is 0.527. The van der Waals surface area contributed by atoms with Crippen molar-refractivity contribution in [1.82, 2.24) is 14.5 Å². The lowest BCUT2D eigenvalue weighted by Gasteiger charge is -2.36. The number of H-pyrrole nitrogens is 1. The first-order valence-corrected chi connectivity index (χ1v) is 15.3. The van der Waals surface area contributed by atoms with Crippen LogP contribution in [0.15, 0.2) is 65.7 Å². The minimum absolute atomic E-state index is 0.181. The summed E-state index contributed by atoms with van der Waals surface area (Å²) in [5.74, 6) is -0.244. The van der Waals surface area contributed by atoms with E-state index in [9.17, 15) is 13.2 Å². The molecule has 1 saturated carbocycles. The summed E-state index contributed by atoms with van der Waals surface area (Å²) in [5, 5.41) is 7.96. The van der Waals surface area contributed by atoms with Crippen LogP contribution < -0.4 is 4.90 Å². The number of aromatic nitrogens is 2. The zero-order chi connectivity index (χ0) is 28.0. The van der Waals surface area contributed by atoms with Gasteiger partial charge in [0.1, 0.15) is 4.90 Å². The SMILES string of the molecule is COC(=O)c1cc(-c2cc3c(cc2Cl)N(c2ccccc2)C[C@@H](C2CCCCC2)N(C)S3(=O)=O)cc2[nH]ncc12. The van der Waals surface area contributed by atoms with E-state index < -0.39 is 16.0 Å². The van der Waals surface area contributed by atoms with Gasteiger partial charge in [-0.05, 0) is 60.7 Å². The first kappa shape index (κ1) is 26.8. The fourth-order valence-electron chi connectivity index (χ4n) is 6.22. The Labute approximate surface area is 238 Å². The van der Waals surface area contributed by atoms with E-state index in [4.69, 9.17) is 16.3 Å². The third kappa shape index (κ3) is 4.56. The number of anilines is 2. The van der Waals surface area contributed by atoms with E-state index in [2.05, 4.69) is 15.1 Å². The van der Waals surface area contributed by atoms with Crippen LogP contribution in [0.5, 0.6) is 0 Å². The molecule has 1 fully saturated rings. The van der Waals surface area contributed by atoms with Crippen LogP contribution in [0.3, 0.4) is 0 Å². The first-order chi connectivity index (χ1) is 19.3. The quantitative estimate of drug-likeness (QED) is 0.282. The Morgan fingerprint density at radius 2 is 1.82 bits per heavy atom. The zero-order valence-corrected chi connectivity index (χ0v) is 24.0. The smallest absolute Gasteiger partial charge is 0.338 e. The summed E-state index contributed by atoms with van der Waals surface area (Å²) in [6.07, 6.45) is 7.00. The van der Waals surface area contributed by atoms with Gasteiger partial charge in [-0.25, -0.2) is 13.2 Å². The molecule has 6 rings (SSSR count). The number of sulfonamides is 1. The molecule has 0 bridgehead atoms. The van der Waals surface area contributed by atoms with Crippen molar-refractivity contribution in [2.24, 2.45) is 5.92 Å². The van der Waals surface area contributed by atoms with Crippen molar-refractivity contribution in [3.8, 4) is 11.1 Å². The van der Waals surface area contributed by atoms with Crippen LogP contribution in [0, 0.1) is 5.92 Å². The number of carbonyl (C=O) groups is 1. The second-order valence-corrected chi connectivity index (χ2v) is 13.0.